The third-order valence-electron chi connectivity index (χ3n) is 4.39. The molecule has 140 valence electrons. The van der Waals surface area contributed by atoms with Gasteiger partial charge in [0.1, 0.15) is 0 Å². The molecule has 1 aliphatic heterocycles. The van der Waals surface area contributed by atoms with Crippen LogP contribution in [0.4, 0.5) is 20.4 Å². The van der Waals surface area contributed by atoms with Crippen molar-refractivity contribution in [3.05, 3.63) is 54.1 Å². The minimum Gasteiger partial charge on any atom is -0.354 e. The van der Waals surface area contributed by atoms with Crippen molar-refractivity contribution in [2.75, 3.05) is 22.7 Å². The van der Waals surface area contributed by atoms with Gasteiger partial charge in [-0.25, -0.2) is 27.2 Å². The van der Waals surface area contributed by atoms with E-state index < -0.39 is 21.7 Å². The molecule has 1 saturated heterocycles. The van der Waals surface area contributed by atoms with Crippen LogP contribution in [0, 0.1) is 11.6 Å². The predicted molar refractivity (Wildman–Crippen MR) is 98.2 cm³/mol. The normalized spacial score (nSPS) is 14.7. The van der Waals surface area contributed by atoms with Crippen molar-refractivity contribution in [3.8, 4) is 0 Å². The maximum absolute atomic E-state index is 13.5. The average Bonchev–Trinajstić information content (AvgIpc) is 3.17. The summed E-state index contributed by atoms with van der Waals surface area (Å²) in [6.45, 7) is 1.49. The number of anilines is 2. The van der Waals surface area contributed by atoms with Crippen LogP contribution in [0.15, 0.2) is 47.4 Å². The second-order valence-corrected chi connectivity index (χ2v) is 7.94. The van der Waals surface area contributed by atoms with Crippen molar-refractivity contribution in [1.82, 2.24) is 9.97 Å². The SMILES string of the molecule is O=S(=O)(Nc1nc2ccccc2nc1N1CCCC1)c1ccc(F)c(F)c1. The van der Waals surface area contributed by atoms with Crippen molar-refractivity contribution >= 4 is 32.7 Å². The highest BCUT2D eigenvalue weighted by atomic mass is 32.2. The van der Waals surface area contributed by atoms with Crippen molar-refractivity contribution in [2.45, 2.75) is 17.7 Å². The number of nitrogens with one attached hydrogen (secondary N) is 1. The predicted octanol–water partition coefficient (Wildman–Crippen LogP) is 3.31. The van der Waals surface area contributed by atoms with E-state index >= 15 is 0 Å². The molecule has 3 aromatic rings. The summed E-state index contributed by atoms with van der Waals surface area (Å²) < 4.78 is 54.4. The maximum atomic E-state index is 13.5. The van der Waals surface area contributed by atoms with Crippen LogP contribution in [-0.2, 0) is 10.0 Å². The van der Waals surface area contributed by atoms with Crippen molar-refractivity contribution in [2.24, 2.45) is 0 Å². The number of sulfonamides is 1. The number of benzene rings is 2. The molecule has 6 nitrogen and oxygen atoms in total. The van der Waals surface area contributed by atoms with Gasteiger partial charge >= 0.3 is 0 Å². The Morgan fingerprint density at radius 2 is 1.59 bits per heavy atom. The lowest BCUT2D eigenvalue weighted by atomic mass is 10.3. The second kappa shape index (κ2) is 6.73. The van der Waals surface area contributed by atoms with Gasteiger partial charge < -0.3 is 4.90 Å². The Hall–Kier alpha value is -2.81. The summed E-state index contributed by atoms with van der Waals surface area (Å²) in [4.78, 5) is 10.6. The molecule has 9 heteroatoms. The molecule has 0 amide bonds. The highest BCUT2D eigenvalue weighted by Gasteiger charge is 2.24. The molecule has 1 fully saturated rings. The number of aromatic nitrogens is 2. The van der Waals surface area contributed by atoms with Gasteiger partial charge in [0.15, 0.2) is 23.3 Å². The number of rotatable bonds is 4. The molecule has 0 aliphatic carbocycles. The van der Waals surface area contributed by atoms with Gasteiger partial charge in [-0.1, -0.05) is 12.1 Å². The largest absolute Gasteiger partial charge is 0.354 e. The van der Waals surface area contributed by atoms with Crippen LogP contribution in [0.3, 0.4) is 0 Å². The summed E-state index contributed by atoms with van der Waals surface area (Å²) in [5.74, 6) is -1.85. The topological polar surface area (TPSA) is 75.2 Å². The van der Waals surface area contributed by atoms with Crippen molar-refractivity contribution in [1.29, 1.82) is 0 Å². The first-order valence-corrected chi connectivity index (χ1v) is 9.92. The van der Waals surface area contributed by atoms with Gasteiger partial charge in [0.25, 0.3) is 10.0 Å². The van der Waals surface area contributed by atoms with Crippen molar-refractivity contribution < 1.29 is 17.2 Å². The molecule has 27 heavy (non-hydrogen) atoms. The number of hydrogen-bond donors (Lipinski definition) is 1. The Balaban J connectivity index is 1.79. The molecular weight excluding hydrogens is 374 g/mol. The lowest BCUT2D eigenvalue weighted by Crippen LogP contribution is -2.23. The molecule has 0 atom stereocenters. The molecule has 1 N–H and O–H groups in total. The third-order valence-corrected chi connectivity index (χ3v) is 5.73. The van der Waals surface area contributed by atoms with E-state index in [1.54, 1.807) is 18.2 Å². The monoisotopic (exact) mass is 390 g/mol. The average molecular weight is 390 g/mol. The summed E-state index contributed by atoms with van der Waals surface area (Å²) in [5, 5.41) is 0. The van der Waals surface area contributed by atoms with E-state index in [0.29, 0.717) is 22.9 Å². The number of para-hydroxylation sites is 2. The Morgan fingerprint density at radius 3 is 2.26 bits per heavy atom. The summed E-state index contributed by atoms with van der Waals surface area (Å²) in [6, 6.07) is 9.56. The van der Waals surface area contributed by atoms with Crippen LogP contribution >= 0.6 is 0 Å². The molecule has 0 radical (unpaired) electrons. The minimum absolute atomic E-state index is 0.0698. The first-order valence-electron chi connectivity index (χ1n) is 8.44. The van der Waals surface area contributed by atoms with E-state index in [4.69, 9.17) is 0 Å². The van der Waals surface area contributed by atoms with Gasteiger partial charge in [-0.2, -0.15) is 0 Å². The van der Waals surface area contributed by atoms with Crippen LogP contribution in [0.1, 0.15) is 12.8 Å². The number of hydrogen-bond acceptors (Lipinski definition) is 5. The molecule has 1 aliphatic rings. The molecule has 1 aromatic heterocycles. The lowest BCUT2D eigenvalue weighted by Gasteiger charge is -2.20. The van der Waals surface area contributed by atoms with E-state index in [1.165, 1.54) is 0 Å². The smallest absolute Gasteiger partial charge is 0.263 e. The number of halogens is 2. The third kappa shape index (κ3) is 3.42. The zero-order chi connectivity index (χ0) is 19.0. The highest BCUT2D eigenvalue weighted by molar-refractivity contribution is 7.92. The number of fused-ring (bicyclic) bond motifs is 1. The first kappa shape index (κ1) is 17.6. The quantitative estimate of drug-likeness (QED) is 0.740. The molecule has 0 saturated carbocycles. The van der Waals surface area contributed by atoms with Gasteiger partial charge in [0.2, 0.25) is 0 Å². The van der Waals surface area contributed by atoms with Crippen LogP contribution < -0.4 is 9.62 Å². The van der Waals surface area contributed by atoms with Crippen LogP contribution in [0.25, 0.3) is 11.0 Å². The van der Waals surface area contributed by atoms with Gasteiger partial charge in [0, 0.05) is 13.1 Å². The standard InChI is InChI=1S/C18H16F2N4O2S/c19-13-8-7-12(11-14(13)20)27(25,26)23-17-18(24-9-3-4-10-24)22-16-6-2-1-5-15(16)21-17/h1-2,5-8,11H,3-4,9-10H2,(H,21,23). The second-order valence-electron chi connectivity index (χ2n) is 6.26. The van der Waals surface area contributed by atoms with Gasteiger partial charge in [-0.05, 0) is 43.2 Å². The molecule has 0 bridgehead atoms. The van der Waals surface area contributed by atoms with E-state index in [2.05, 4.69) is 14.7 Å². The fourth-order valence-corrected chi connectivity index (χ4v) is 4.05. The Labute approximate surface area is 154 Å². The maximum Gasteiger partial charge on any atom is 0.263 e. The van der Waals surface area contributed by atoms with Crippen LogP contribution in [0.2, 0.25) is 0 Å². The van der Waals surface area contributed by atoms with Crippen LogP contribution in [0.5, 0.6) is 0 Å². The number of nitrogens with zero attached hydrogens (tertiary/aromatic N) is 3. The summed E-state index contributed by atoms with van der Waals surface area (Å²) in [7, 11) is -4.16. The summed E-state index contributed by atoms with van der Waals surface area (Å²) in [6.07, 6.45) is 1.95. The Kier molecular flexibility index (Phi) is 4.39. The Morgan fingerprint density at radius 1 is 0.926 bits per heavy atom. The molecule has 4 rings (SSSR count). The summed E-state index contributed by atoms with van der Waals surface area (Å²) in [5.41, 5.74) is 1.18. The molecule has 2 heterocycles. The zero-order valence-corrected chi connectivity index (χ0v) is 15.0. The van der Waals surface area contributed by atoms with E-state index in [-0.39, 0.29) is 10.7 Å². The van der Waals surface area contributed by atoms with E-state index in [0.717, 1.165) is 38.1 Å². The summed E-state index contributed by atoms with van der Waals surface area (Å²) >= 11 is 0. The van der Waals surface area contributed by atoms with Crippen LogP contribution in [-0.4, -0.2) is 31.5 Å². The minimum atomic E-state index is -4.16. The van der Waals surface area contributed by atoms with Gasteiger partial charge in [-0.3, -0.25) is 4.72 Å². The zero-order valence-electron chi connectivity index (χ0n) is 14.2. The van der Waals surface area contributed by atoms with E-state index in [9.17, 15) is 17.2 Å². The fourth-order valence-electron chi connectivity index (χ4n) is 3.04. The first-order chi connectivity index (χ1) is 12.9. The molecule has 2 aromatic carbocycles. The highest BCUT2D eigenvalue weighted by Crippen LogP contribution is 2.29. The molecular formula is C18H16F2N4O2S. The van der Waals surface area contributed by atoms with Gasteiger partial charge in [0.05, 0.1) is 15.9 Å². The Bertz CT molecular complexity index is 1120. The fraction of sp³-hybridized carbons (Fsp3) is 0.222. The molecule has 0 unspecified atom stereocenters. The van der Waals surface area contributed by atoms with Crippen molar-refractivity contribution in [3.63, 3.8) is 0 Å². The lowest BCUT2D eigenvalue weighted by molar-refractivity contribution is 0.504. The van der Waals surface area contributed by atoms with Gasteiger partial charge in [-0.15, -0.1) is 0 Å². The molecule has 0 spiro atoms. The van der Waals surface area contributed by atoms with E-state index in [1.807, 2.05) is 11.0 Å².